The van der Waals surface area contributed by atoms with E-state index in [1.54, 1.807) is 0 Å². The summed E-state index contributed by atoms with van der Waals surface area (Å²) in [5, 5.41) is 0. The minimum Gasteiger partial charge on any atom is -0.308 e. The lowest BCUT2D eigenvalue weighted by molar-refractivity contribution is 0.660. The van der Waals surface area contributed by atoms with Gasteiger partial charge in [0.1, 0.15) is 0 Å². The van der Waals surface area contributed by atoms with Crippen LogP contribution in [0.15, 0.2) is 492 Å². The molecule has 0 N–H and O–H groups in total. The van der Waals surface area contributed by atoms with Gasteiger partial charge in [-0.15, -0.1) is 0 Å². The van der Waals surface area contributed by atoms with Gasteiger partial charge in [0.05, 0.1) is 39.8 Å². The molecule has 3 aliphatic rings. The van der Waals surface area contributed by atoms with Crippen molar-refractivity contribution in [3.8, 4) is 197 Å². The molecule has 0 fully saturated rings. The zero-order valence-electron chi connectivity index (χ0n) is 76.8. The Hall–Kier alpha value is -17.8. The van der Waals surface area contributed by atoms with E-state index in [-0.39, 0.29) is 10.8 Å². The maximum absolute atomic E-state index is 5.22. The van der Waals surface area contributed by atoms with Crippen LogP contribution >= 0.6 is 0 Å². The highest BCUT2D eigenvalue weighted by molar-refractivity contribution is 6.03. The fourth-order valence-electron chi connectivity index (χ4n) is 20.2. The maximum Gasteiger partial charge on any atom is 0.235 e. The van der Waals surface area contributed by atoms with Gasteiger partial charge in [0, 0.05) is 78.3 Å². The molecule has 0 unspecified atom stereocenters. The van der Waals surface area contributed by atoms with Gasteiger partial charge in [-0.1, -0.05) is 452 Å². The average Bonchev–Trinajstić information content (AvgIpc) is 1.58. The van der Waals surface area contributed by atoms with Crippen molar-refractivity contribution >= 4 is 17.1 Å². The topological polar surface area (TPSA) is 98.4 Å². The summed E-state index contributed by atoms with van der Waals surface area (Å²) in [5.41, 5.74) is 42.0. The molecule has 138 heavy (non-hydrogen) atoms. The van der Waals surface area contributed by atoms with Crippen LogP contribution in [0.3, 0.4) is 0 Å². The number of hydrogen-bond acceptors (Lipinski definition) is 8. The Kier molecular flexibility index (Phi) is 22.2. The van der Waals surface area contributed by atoms with Gasteiger partial charge < -0.3 is 4.90 Å². The number of hydrogen-bond donors (Lipinski definition) is 0. The molecule has 1 aliphatic heterocycles. The van der Waals surface area contributed by atoms with Crippen LogP contribution in [-0.2, 0) is 10.8 Å². The molecule has 9 nitrogen and oxygen atoms in total. The van der Waals surface area contributed by atoms with Gasteiger partial charge in [-0.3, -0.25) is 4.57 Å². The molecule has 5 heterocycles. The SMILES string of the molecule is CC1(C)c2ccccc2-c2ccc(-c3ccccc3-c3cccc(-c4nc(-c5ccccc5)cc(-c5ccccc5)n4)c3)cc21.CC1(C)c2ccccc2-c2ccc(-c3ccccc3-c3cccc(-c4nc(-c5ccccc5)nc(-c5ccccc5)n4)c3)cc21.c1ccc(-c2cccc(N3c4ccccc4-c4ccccc4-c4c3ccn4-c3nc(-c4ccccc4)cc(-c4ccccc4)n3)c2)cc1. The normalized spacial score (nSPS) is 12.4. The summed E-state index contributed by atoms with van der Waals surface area (Å²) in [6.45, 7) is 9.34. The summed E-state index contributed by atoms with van der Waals surface area (Å²) in [4.78, 5) is 37.8. The number of aromatic nitrogens is 8. The van der Waals surface area contributed by atoms with Gasteiger partial charge in [0.2, 0.25) is 5.95 Å². The molecule has 0 atom stereocenters. The van der Waals surface area contributed by atoms with E-state index in [4.69, 9.17) is 34.9 Å². The van der Waals surface area contributed by atoms with Crippen molar-refractivity contribution < 1.29 is 0 Å². The molecule has 0 bridgehead atoms. The number of benzene rings is 18. The van der Waals surface area contributed by atoms with E-state index in [2.05, 4.69) is 444 Å². The van der Waals surface area contributed by atoms with Crippen molar-refractivity contribution in [1.29, 1.82) is 0 Å². The van der Waals surface area contributed by atoms with E-state index in [9.17, 15) is 0 Å². The third kappa shape index (κ3) is 16.1. The number of nitrogens with zero attached hydrogens (tertiary/aromatic N) is 9. The lowest BCUT2D eigenvalue weighted by atomic mass is 9.81. The zero-order chi connectivity index (χ0) is 92.6. The molecule has 0 radical (unpaired) electrons. The summed E-state index contributed by atoms with van der Waals surface area (Å²) < 4.78 is 2.16. The van der Waals surface area contributed by atoms with Crippen molar-refractivity contribution in [2.45, 2.75) is 38.5 Å². The van der Waals surface area contributed by atoms with Gasteiger partial charge in [-0.05, 0) is 166 Å². The Labute approximate surface area is 805 Å². The molecule has 0 spiro atoms. The van der Waals surface area contributed by atoms with E-state index in [1.807, 2.05) is 84.9 Å². The molecule has 0 saturated heterocycles. The molecule has 25 rings (SSSR count). The highest BCUT2D eigenvalue weighted by Gasteiger charge is 2.38. The molecule has 4 aromatic heterocycles. The first kappa shape index (κ1) is 84.5. The van der Waals surface area contributed by atoms with Gasteiger partial charge in [0.25, 0.3) is 0 Å². The van der Waals surface area contributed by atoms with Crippen LogP contribution in [0.1, 0.15) is 49.9 Å². The molecule has 2 aliphatic carbocycles. The predicted molar refractivity (Wildman–Crippen MR) is 568 cm³/mol. The highest BCUT2D eigenvalue weighted by atomic mass is 15.2. The fraction of sp³-hybridized carbons (Fsp3) is 0.0465. The van der Waals surface area contributed by atoms with Crippen molar-refractivity contribution in [3.63, 3.8) is 0 Å². The largest absolute Gasteiger partial charge is 0.308 e. The first-order valence-corrected chi connectivity index (χ1v) is 47.1. The molecule has 0 saturated carbocycles. The van der Waals surface area contributed by atoms with E-state index < -0.39 is 0 Å². The van der Waals surface area contributed by atoms with Crippen LogP contribution in [0.5, 0.6) is 0 Å². The Balaban J connectivity index is 0.000000116. The number of rotatable bonds is 15. The molecule has 0 amide bonds. The van der Waals surface area contributed by atoms with Crippen molar-refractivity contribution in [2.75, 3.05) is 4.90 Å². The van der Waals surface area contributed by atoms with Crippen molar-refractivity contribution in [2.24, 2.45) is 0 Å². The third-order valence-corrected chi connectivity index (χ3v) is 27.1. The van der Waals surface area contributed by atoms with Crippen LogP contribution in [0.25, 0.3) is 197 Å². The van der Waals surface area contributed by atoms with Crippen LogP contribution in [0, 0.1) is 0 Å². The molecule has 9 heteroatoms. The molecular formula is C129H93N9. The van der Waals surface area contributed by atoms with Gasteiger partial charge in [-0.25, -0.2) is 34.9 Å². The Morgan fingerprint density at radius 1 is 0.174 bits per heavy atom. The first-order valence-electron chi connectivity index (χ1n) is 47.1. The second-order valence-electron chi connectivity index (χ2n) is 36.3. The number of para-hydroxylation sites is 1. The highest BCUT2D eigenvalue weighted by Crippen LogP contribution is 2.55. The lowest BCUT2D eigenvalue weighted by Crippen LogP contribution is -2.14. The van der Waals surface area contributed by atoms with Crippen LogP contribution in [0.4, 0.5) is 17.1 Å². The molecule has 22 aromatic rings. The van der Waals surface area contributed by atoms with E-state index in [0.717, 1.165) is 107 Å². The van der Waals surface area contributed by atoms with Gasteiger partial charge in [0.15, 0.2) is 23.3 Å². The van der Waals surface area contributed by atoms with E-state index in [1.165, 1.54) is 100 Å². The minimum absolute atomic E-state index is 0.0473. The van der Waals surface area contributed by atoms with E-state index >= 15 is 0 Å². The second-order valence-corrected chi connectivity index (χ2v) is 36.3. The van der Waals surface area contributed by atoms with Crippen molar-refractivity contribution in [1.82, 2.24) is 39.5 Å². The second kappa shape index (κ2) is 36.3. The monoisotopic (exact) mass is 1770 g/mol. The number of anilines is 3. The van der Waals surface area contributed by atoms with Crippen LogP contribution < -0.4 is 4.90 Å². The summed E-state index contributed by atoms with van der Waals surface area (Å²) >= 11 is 0. The molecule has 18 aromatic carbocycles. The van der Waals surface area contributed by atoms with Crippen LogP contribution in [0.2, 0.25) is 0 Å². The fourth-order valence-corrected chi connectivity index (χ4v) is 20.2. The summed E-state index contributed by atoms with van der Waals surface area (Å²) in [5.74, 6) is 3.31. The summed E-state index contributed by atoms with van der Waals surface area (Å²) in [6.07, 6.45) is 2.11. The zero-order valence-corrected chi connectivity index (χ0v) is 76.8. The Morgan fingerprint density at radius 2 is 0.478 bits per heavy atom. The van der Waals surface area contributed by atoms with Crippen LogP contribution in [-0.4, -0.2) is 39.5 Å². The standard InChI is InChI=1S/C44H30N4.C43H32N2.C42H31N3/c1-4-15-31(16-5-1)34-21-14-22-35(29-34)48-41-26-13-12-24-37(41)36-23-10-11-25-38(36)43-42(48)27-28-47(43)44-45-39(32-17-6-2-7-18-32)30-40(46-44)33-19-8-3-9-20-33;1-43(2)38-23-12-11-22-36(38)37-25-24-32(27-39(37)43)35-21-10-9-20-34(35)31-18-13-19-33(26-31)42-44-40(29-14-5-3-6-15-29)28-41(45-42)30-16-7-4-8-17-30;1-42(2)37-23-12-11-22-35(37)36-25-24-31(27-38(36)42)34-21-10-9-20-33(34)30-18-13-19-32(26-30)41-44-39(28-14-5-3-6-15-28)43-40(45-41)29-16-7-4-8-17-29/h1-30H;3-28H,1-2H3;3-27H,1-2H3. The Bertz CT molecular complexity index is 7810. The van der Waals surface area contributed by atoms with Crippen molar-refractivity contribution in [3.05, 3.63) is 514 Å². The predicted octanol–water partition coefficient (Wildman–Crippen LogP) is 33.0. The minimum atomic E-state index is -0.0532. The smallest absolute Gasteiger partial charge is 0.235 e. The quantitative estimate of drug-likeness (QED) is 0.100. The van der Waals surface area contributed by atoms with E-state index in [0.29, 0.717) is 29.2 Å². The molecular weight excluding hydrogens is 1680 g/mol. The van der Waals surface area contributed by atoms with Gasteiger partial charge in [-0.2, -0.15) is 0 Å². The average molecular weight is 1770 g/mol. The number of fused-ring (bicyclic) bond motifs is 11. The summed E-state index contributed by atoms with van der Waals surface area (Å²) in [6, 6.07) is 171. The molecule has 654 valence electrons. The first-order chi connectivity index (χ1) is 67.9. The van der Waals surface area contributed by atoms with Gasteiger partial charge >= 0.3 is 0 Å². The Morgan fingerprint density at radius 3 is 0.913 bits per heavy atom. The maximum atomic E-state index is 5.22. The lowest BCUT2D eigenvalue weighted by Gasteiger charge is -2.26. The summed E-state index contributed by atoms with van der Waals surface area (Å²) in [7, 11) is 0. The third-order valence-electron chi connectivity index (χ3n) is 27.1.